The molecule has 8 heterocycles. The molecule has 4 bridgehead atoms. The predicted octanol–water partition coefficient (Wildman–Crippen LogP) is 6.93. The van der Waals surface area contributed by atoms with E-state index in [0.717, 1.165) is 68.1 Å². The van der Waals surface area contributed by atoms with Crippen LogP contribution >= 0.6 is 0 Å². The van der Waals surface area contributed by atoms with Crippen molar-refractivity contribution in [1.29, 1.82) is 0 Å². The minimum Gasteiger partial charge on any atom is -0.465 e. The fraction of sp³-hybridized carbons (Fsp3) is 0.549. The summed E-state index contributed by atoms with van der Waals surface area (Å²) in [5, 5.41) is 0. The van der Waals surface area contributed by atoms with Gasteiger partial charge in [-0.05, 0) is 127 Å². The molecule has 64 heavy (non-hydrogen) atoms. The summed E-state index contributed by atoms with van der Waals surface area (Å²) in [6.07, 6.45) is 13.7. The zero-order valence-electron chi connectivity index (χ0n) is 38.1. The molecule has 4 aromatic rings. The number of esters is 2. The topological polar surface area (TPSA) is 134 Å². The highest BCUT2D eigenvalue weighted by Crippen LogP contribution is 2.57. The van der Waals surface area contributed by atoms with Crippen molar-refractivity contribution in [2.45, 2.75) is 82.0 Å². The number of likely N-dealkylation sites (tertiary alicyclic amines) is 4. The van der Waals surface area contributed by atoms with Crippen molar-refractivity contribution < 1.29 is 23.9 Å². The molecule has 0 amide bonds. The molecule has 9 atom stereocenters. The van der Waals surface area contributed by atoms with Gasteiger partial charge in [0.25, 0.3) is 0 Å². The van der Waals surface area contributed by atoms with Crippen LogP contribution in [0.25, 0.3) is 0 Å². The number of fused-ring (bicyclic) bond motifs is 4. The van der Waals surface area contributed by atoms with E-state index in [0.29, 0.717) is 51.0 Å². The number of ether oxygens (including phenoxy) is 2. The van der Waals surface area contributed by atoms with Crippen LogP contribution in [-0.2, 0) is 23.9 Å². The standard InChI is InChI=1S/C51H66N8O5/c1-56-31-38-29-50(33-56,47(42-21-9-14-26-54-42)58(3)45(38)40-19-7-12-24-52-40)35-63-44(61)23-6-5-17-37(18-11-16-28-60)49(62)64-36-51-30-39(32-57(2)34-51)46(41-20-8-13-25-53-41)59(4)48(51)43-22-10-15-27-55-43/h7-10,12-15,19-22,24-28,37-39,45-48H,5-6,11,16-18,23,29-36H2,1-4H3. The van der Waals surface area contributed by atoms with Crippen molar-refractivity contribution in [2.75, 3.05) is 67.6 Å². The molecule has 0 aliphatic carbocycles. The summed E-state index contributed by atoms with van der Waals surface area (Å²) in [5.41, 5.74) is 3.25. The summed E-state index contributed by atoms with van der Waals surface area (Å²) in [7, 11) is 8.64. The smallest absolute Gasteiger partial charge is 0.308 e. The molecule has 13 heteroatoms. The van der Waals surface area contributed by atoms with Gasteiger partial charge in [0.05, 0.1) is 52.9 Å². The number of carbonyl (C=O) groups is 3. The van der Waals surface area contributed by atoms with Gasteiger partial charge in [-0.3, -0.25) is 39.3 Å². The van der Waals surface area contributed by atoms with Gasteiger partial charge in [-0.2, -0.15) is 0 Å². The SMILES string of the molecule is CN1CC2CC(COC(=O)CCCCC(CCCC=O)C(=O)OCC34CC(CN(C)C3)C(c3ccccn3)N(C)C4c3ccccn3)(C1)C(c1ccccn1)N(C)C2c1ccccn1. The molecule has 4 aromatic heterocycles. The molecule has 13 nitrogen and oxygen atoms in total. The van der Waals surface area contributed by atoms with Gasteiger partial charge in [-0.1, -0.05) is 30.7 Å². The highest BCUT2D eigenvalue weighted by atomic mass is 16.5. The van der Waals surface area contributed by atoms with Crippen LogP contribution in [0.2, 0.25) is 0 Å². The molecule has 4 aliphatic heterocycles. The highest BCUT2D eigenvalue weighted by Gasteiger charge is 2.58. The lowest BCUT2D eigenvalue weighted by Gasteiger charge is -2.59. The van der Waals surface area contributed by atoms with E-state index in [1.54, 1.807) is 0 Å². The largest absolute Gasteiger partial charge is 0.465 e. The number of aldehydes is 1. The number of carbonyl (C=O) groups excluding carboxylic acids is 3. The molecule has 9 unspecified atom stereocenters. The quantitative estimate of drug-likeness (QED) is 0.0582. The van der Waals surface area contributed by atoms with Crippen LogP contribution in [0.5, 0.6) is 0 Å². The number of hydrogen-bond donors (Lipinski definition) is 0. The normalized spacial score (nSPS) is 29.1. The van der Waals surface area contributed by atoms with Crippen LogP contribution in [0.1, 0.15) is 105 Å². The van der Waals surface area contributed by atoms with Crippen LogP contribution < -0.4 is 0 Å². The Bertz CT molecular complexity index is 2140. The Labute approximate surface area is 379 Å². The number of hydrogen-bond acceptors (Lipinski definition) is 13. The second-order valence-electron chi connectivity index (χ2n) is 19.4. The summed E-state index contributed by atoms with van der Waals surface area (Å²) in [6.45, 7) is 3.95. The molecule has 4 fully saturated rings. The van der Waals surface area contributed by atoms with E-state index in [-0.39, 0.29) is 66.4 Å². The van der Waals surface area contributed by atoms with Crippen molar-refractivity contribution in [1.82, 2.24) is 39.5 Å². The first-order valence-corrected chi connectivity index (χ1v) is 23.3. The lowest BCUT2D eigenvalue weighted by Crippen LogP contribution is -2.61. The average Bonchev–Trinajstić information content (AvgIpc) is 3.29. The number of rotatable bonds is 18. The van der Waals surface area contributed by atoms with Gasteiger partial charge in [0.15, 0.2) is 0 Å². The second kappa shape index (κ2) is 20.5. The Morgan fingerprint density at radius 3 is 1.55 bits per heavy atom. The molecule has 0 N–H and O–H groups in total. The highest BCUT2D eigenvalue weighted by molar-refractivity contribution is 5.72. The first-order chi connectivity index (χ1) is 31.1. The van der Waals surface area contributed by atoms with Gasteiger partial charge in [-0.25, -0.2) is 0 Å². The third-order valence-electron chi connectivity index (χ3n) is 14.7. The first-order valence-electron chi connectivity index (χ1n) is 23.3. The summed E-state index contributed by atoms with van der Waals surface area (Å²) >= 11 is 0. The second-order valence-corrected chi connectivity index (χ2v) is 19.4. The van der Waals surface area contributed by atoms with E-state index < -0.39 is 5.41 Å². The van der Waals surface area contributed by atoms with E-state index in [4.69, 9.17) is 29.4 Å². The molecule has 0 spiro atoms. The Morgan fingerprint density at radius 2 is 1.09 bits per heavy atom. The Morgan fingerprint density at radius 1 is 0.641 bits per heavy atom. The number of piperidine rings is 4. The number of unbranched alkanes of at least 4 members (excludes halogenated alkanes) is 2. The lowest BCUT2D eigenvalue weighted by molar-refractivity contribution is -0.168. The van der Waals surface area contributed by atoms with Gasteiger partial charge in [-0.15, -0.1) is 0 Å². The van der Waals surface area contributed by atoms with E-state index in [1.807, 2.05) is 67.3 Å². The summed E-state index contributed by atoms with van der Waals surface area (Å²) in [6, 6.07) is 24.3. The van der Waals surface area contributed by atoms with Crippen LogP contribution in [0, 0.1) is 28.6 Å². The van der Waals surface area contributed by atoms with Gasteiger partial charge in [0.2, 0.25) is 0 Å². The molecular formula is C51H66N8O5. The summed E-state index contributed by atoms with van der Waals surface area (Å²) < 4.78 is 12.7. The van der Waals surface area contributed by atoms with Crippen molar-refractivity contribution in [2.24, 2.45) is 28.6 Å². The van der Waals surface area contributed by atoms with E-state index in [1.165, 1.54) is 0 Å². The van der Waals surface area contributed by atoms with Gasteiger partial charge in [0, 0.05) is 74.6 Å². The molecule has 0 radical (unpaired) electrons. The first kappa shape index (κ1) is 45.6. The monoisotopic (exact) mass is 871 g/mol. The van der Waals surface area contributed by atoms with Crippen molar-refractivity contribution >= 4 is 18.2 Å². The van der Waals surface area contributed by atoms with Crippen molar-refractivity contribution in [3.05, 3.63) is 120 Å². The zero-order chi connectivity index (χ0) is 44.7. The summed E-state index contributed by atoms with van der Waals surface area (Å²) in [5.74, 6) is -0.254. The molecule has 340 valence electrons. The van der Waals surface area contributed by atoms with Crippen LogP contribution in [0.15, 0.2) is 97.6 Å². The maximum absolute atomic E-state index is 14.2. The molecule has 8 rings (SSSR count). The molecular weight excluding hydrogens is 805 g/mol. The van der Waals surface area contributed by atoms with Crippen LogP contribution in [-0.4, -0.2) is 125 Å². The molecule has 4 saturated heterocycles. The Hall–Kier alpha value is -4.95. The van der Waals surface area contributed by atoms with E-state index >= 15 is 0 Å². The number of pyridine rings is 4. The third-order valence-corrected chi connectivity index (χ3v) is 14.7. The van der Waals surface area contributed by atoms with E-state index in [9.17, 15) is 14.4 Å². The van der Waals surface area contributed by atoms with Crippen LogP contribution in [0.3, 0.4) is 0 Å². The molecule has 0 saturated carbocycles. The fourth-order valence-corrected chi connectivity index (χ4v) is 12.6. The molecule has 0 aromatic carbocycles. The Balaban J connectivity index is 0.913. The van der Waals surface area contributed by atoms with Gasteiger partial charge >= 0.3 is 11.9 Å². The minimum atomic E-state index is -0.395. The van der Waals surface area contributed by atoms with Crippen LogP contribution in [0.4, 0.5) is 0 Å². The third kappa shape index (κ3) is 9.83. The fourth-order valence-electron chi connectivity index (χ4n) is 12.6. The predicted molar refractivity (Wildman–Crippen MR) is 243 cm³/mol. The zero-order valence-corrected chi connectivity index (χ0v) is 38.1. The van der Waals surface area contributed by atoms with Gasteiger partial charge < -0.3 is 24.1 Å². The number of aromatic nitrogens is 4. The minimum absolute atomic E-state index is 0.0824. The Kier molecular flexibility index (Phi) is 14.6. The maximum atomic E-state index is 14.2. The van der Waals surface area contributed by atoms with Gasteiger partial charge in [0.1, 0.15) is 19.5 Å². The number of nitrogens with zero attached hydrogens (tertiary/aromatic N) is 8. The summed E-state index contributed by atoms with van der Waals surface area (Å²) in [4.78, 5) is 68.0. The van der Waals surface area contributed by atoms with Crippen molar-refractivity contribution in [3.63, 3.8) is 0 Å². The molecule has 4 aliphatic rings. The maximum Gasteiger partial charge on any atom is 0.308 e. The van der Waals surface area contributed by atoms with Crippen molar-refractivity contribution in [3.8, 4) is 0 Å². The lowest BCUT2D eigenvalue weighted by atomic mass is 9.63. The van der Waals surface area contributed by atoms with E-state index in [2.05, 4.69) is 78.1 Å². The average molecular weight is 871 g/mol.